The van der Waals surface area contributed by atoms with Crippen LogP contribution >= 0.6 is 27.5 Å². The first-order valence-corrected chi connectivity index (χ1v) is 6.81. The van der Waals surface area contributed by atoms with E-state index in [-0.39, 0.29) is 0 Å². The predicted octanol–water partition coefficient (Wildman–Crippen LogP) is 5.44. The van der Waals surface area contributed by atoms with E-state index in [4.69, 9.17) is 16.0 Å². The highest BCUT2D eigenvalue weighted by atomic mass is 79.9. The average molecular weight is 322 g/mol. The quantitative estimate of drug-likeness (QED) is 0.612. The molecule has 0 aliphatic carbocycles. The van der Waals surface area contributed by atoms with Crippen molar-refractivity contribution in [2.24, 2.45) is 0 Å². The Bertz CT molecular complexity index is 703. The third kappa shape index (κ3) is 2.31. The number of benzene rings is 2. The lowest BCUT2D eigenvalue weighted by molar-refractivity contribution is 0.561. The molecular formula is C15H10BrClO. The van der Waals surface area contributed by atoms with Crippen molar-refractivity contribution in [2.45, 2.75) is 6.42 Å². The van der Waals surface area contributed by atoms with Gasteiger partial charge in [-0.3, -0.25) is 0 Å². The topological polar surface area (TPSA) is 13.1 Å². The summed E-state index contributed by atoms with van der Waals surface area (Å²) in [4.78, 5) is 0. The zero-order valence-corrected chi connectivity index (χ0v) is 11.8. The van der Waals surface area contributed by atoms with E-state index >= 15 is 0 Å². The Hall–Kier alpha value is -1.25. The lowest BCUT2D eigenvalue weighted by Gasteiger charge is -1.98. The summed E-state index contributed by atoms with van der Waals surface area (Å²) in [5, 5.41) is 1.87. The van der Waals surface area contributed by atoms with Crippen LogP contribution < -0.4 is 0 Å². The smallest absolute Gasteiger partial charge is 0.148 e. The van der Waals surface area contributed by atoms with Crippen molar-refractivity contribution in [3.8, 4) is 0 Å². The number of halogens is 2. The molecule has 1 heterocycles. The minimum atomic E-state index is 0.752. The van der Waals surface area contributed by atoms with Gasteiger partial charge in [-0.15, -0.1) is 0 Å². The molecule has 3 rings (SSSR count). The maximum atomic E-state index is 5.98. The Morgan fingerprint density at radius 3 is 2.67 bits per heavy atom. The van der Waals surface area contributed by atoms with E-state index in [0.29, 0.717) is 0 Å². The molecule has 1 nitrogen and oxygen atoms in total. The molecule has 3 heteroatoms. The summed E-state index contributed by atoms with van der Waals surface area (Å²) in [5.41, 5.74) is 2.05. The summed E-state index contributed by atoms with van der Waals surface area (Å²) in [7, 11) is 0. The summed E-state index contributed by atoms with van der Waals surface area (Å²) in [6.45, 7) is 0. The van der Waals surface area contributed by atoms with E-state index in [9.17, 15) is 0 Å². The maximum Gasteiger partial charge on any atom is 0.148 e. The van der Waals surface area contributed by atoms with E-state index in [2.05, 4.69) is 22.0 Å². The molecule has 0 radical (unpaired) electrons. The van der Waals surface area contributed by atoms with E-state index in [1.54, 1.807) is 0 Å². The molecule has 0 saturated heterocycles. The van der Waals surface area contributed by atoms with Gasteiger partial charge in [-0.25, -0.2) is 0 Å². The number of furan rings is 1. The van der Waals surface area contributed by atoms with Gasteiger partial charge in [0.2, 0.25) is 0 Å². The minimum Gasteiger partial charge on any atom is -0.460 e. The molecule has 0 N–H and O–H groups in total. The van der Waals surface area contributed by atoms with Gasteiger partial charge in [0.15, 0.2) is 0 Å². The summed E-state index contributed by atoms with van der Waals surface area (Å²) in [5.74, 6) is 0.944. The minimum absolute atomic E-state index is 0.752. The second-order valence-corrected chi connectivity index (χ2v) is 5.47. The van der Waals surface area contributed by atoms with Crippen molar-refractivity contribution in [3.63, 3.8) is 0 Å². The molecule has 2 aromatic carbocycles. The second kappa shape index (κ2) is 4.79. The number of hydrogen-bond donors (Lipinski definition) is 0. The molecule has 0 bridgehead atoms. The standard InChI is InChI=1S/C15H10BrClO/c16-14-6-2-4-11-9-13(18-15(11)14)8-10-3-1-5-12(17)7-10/h1-7,9H,8H2. The van der Waals surface area contributed by atoms with Gasteiger partial charge in [-0.2, -0.15) is 0 Å². The summed E-state index contributed by atoms with van der Waals surface area (Å²) in [6, 6.07) is 15.9. The van der Waals surface area contributed by atoms with Crippen LogP contribution in [0.2, 0.25) is 5.02 Å². The average Bonchev–Trinajstić information content (AvgIpc) is 2.73. The number of fused-ring (bicyclic) bond motifs is 1. The molecule has 3 aromatic rings. The molecule has 18 heavy (non-hydrogen) atoms. The molecule has 0 spiro atoms. The van der Waals surface area contributed by atoms with Crippen molar-refractivity contribution in [3.05, 3.63) is 69.3 Å². The van der Waals surface area contributed by atoms with Crippen molar-refractivity contribution in [1.29, 1.82) is 0 Å². The molecule has 90 valence electrons. The SMILES string of the molecule is Clc1cccc(Cc2cc3cccc(Br)c3o2)c1. The van der Waals surface area contributed by atoms with Gasteiger partial charge in [0.1, 0.15) is 11.3 Å². The Labute approximate surface area is 119 Å². The lowest BCUT2D eigenvalue weighted by Crippen LogP contribution is -1.84. The van der Waals surface area contributed by atoms with E-state index in [0.717, 1.165) is 38.2 Å². The molecule has 1 aromatic heterocycles. The van der Waals surface area contributed by atoms with Gasteiger partial charge in [-0.1, -0.05) is 35.9 Å². The van der Waals surface area contributed by atoms with Crippen LogP contribution in [0.25, 0.3) is 11.0 Å². The van der Waals surface area contributed by atoms with Crippen LogP contribution in [-0.4, -0.2) is 0 Å². The van der Waals surface area contributed by atoms with Gasteiger partial charge < -0.3 is 4.42 Å². The predicted molar refractivity (Wildman–Crippen MR) is 78.2 cm³/mol. The van der Waals surface area contributed by atoms with Crippen LogP contribution in [-0.2, 0) is 6.42 Å². The van der Waals surface area contributed by atoms with E-state index in [1.165, 1.54) is 0 Å². The van der Waals surface area contributed by atoms with Crippen molar-refractivity contribution < 1.29 is 4.42 Å². The Morgan fingerprint density at radius 1 is 1.06 bits per heavy atom. The van der Waals surface area contributed by atoms with Gasteiger partial charge >= 0.3 is 0 Å². The first-order chi connectivity index (χ1) is 8.72. The van der Waals surface area contributed by atoms with Gasteiger partial charge in [0, 0.05) is 16.8 Å². The lowest BCUT2D eigenvalue weighted by atomic mass is 10.1. The molecule has 0 aliphatic rings. The third-order valence-electron chi connectivity index (χ3n) is 2.81. The Balaban J connectivity index is 1.98. The monoisotopic (exact) mass is 320 g/mol. The summed E-state index contributed by atoms with van der Waals surface area (Å²) in [6.07, 6.45) is 0.752. The Morgan fingerprint density at radius 2 is 1.89 bits per heavy atom. The number of hydrogen-bond acceptors (Lipinski definition) is 1. The zero-order chi connectivity index (χ0) is 12.5. The van der Waals surface area contributed by atoms with Crippen LogP contribution in [0.15, 0.2) is 57.4 Å². The van der Waals surface area contributed by atoms with Crippen LogP contribution in [0.1, 0.15) is 11.3 Å². The molecule has 0 amide bonds. The number of rotatable bonds is 2. The molecule has 0 fully saturated rings. The first-order valence-electron chi connectivity index (χ1n) is 5.64. The fourth-order valence-corrected chi connectivity index (χ4v) is 2.69. The van der Waals surface area contributed by atoms with E-state index < -0.39 is 0 Å². The van der Waals surface area contributed by atoms with Crippen LogP contribution in [0.4, 0.5) is 0 Å². The molecule has 0 aliphatic heterocycles. The zero-order valence-electron chi connectivity index (χ0n) is 9.49. The normalized spacial score (nSPS) is 11.0. The van der Waals surface area contributed by atoms with Crippen LogP contribution in [0.3, 0.4) is 0 Å². The van der Waals surface area contributed by atoms with E-state index in [1.807, 2.05) is 42.5 Å². The van der Waals surface area contributed by atoms with Crippen LogP contribution in [0.5, 0.6) is 0 Å². The summed E-state index contributed by atoms with van der Waals surface area (Å²) >= 11 is 9.47. The van der Waals surface area contributed by atoms with Crippen molar-refractivity contribution in [2.75, 3.05) is 0 Å². The largest absolute Gasteiger partial charge is 0.460 e. The molecule has 0 unspecified atom stereocenters. The molecular weight excluding hydrogens is 312 g/mol. The highest BCUT2D eigenvalue weighted by Crippen LogP contribution is 2.28. The summed E-state index contributed by atoms with van der Waals surface area (Å²) < 4.78 is 6.84. The van der Waals surface area contributed by atoms with Gasteiger partial charge in [0.25, 0.3) is 0 Å². The highest BCUT2D eigenvalue weighted by Gasteiger charge is 2.07. The van der Waals surface area contributed by atoms with Gasteiger partial charge in [0.05, 0.1) is 4.47 Å². The Kier molecular flexibility index (Phi) is 3.14. The van der Waals surface area contributed by atoms with Crippen molar-refractivity contribution >= 4 is 38.5 Å². The first kappa shape index (κ1) is 11.8. The van der Waals surface area contributed by atoms with Crippen LogP contribution in [0, 0.1) is 0 Å². The third-order valence-corrected chi connectivity index (χ3v) is 3.67. The van der Waals surface area contributed by atoms with Gasteiger partial charge in [-0.05, 0) is 45.8 Å². The maximum absolute atomic E-state index is 5.98. The fraction of sp³-hybridized carbons (Fsp3) is 0.0667. The van der Waals surface area contributed by atoms with Crippen molar-refractivity contribution in [1.82, 2.24) is 0 Å². The molecule has 0 saturated carbocycles. The second-order valence-electron chi connectivity index (χ2n) is 4.18. The number of para-hydroxylation sites is 1. The highest BCUT2D eigenvalue weighted by molar-refractivity contribution is 9.10. The molecule has 0 atom stereocenters. The fourth-order valence-electron chi connectivity index (χ4n) is 2.02.